The summed E-state index contributed by atoms with van der Waals surface area (Å²) in [7, 11) is 3.42. The molecule has 45 heavy (non-hydrogen) atoms. The van der Waals surface area contributed by atoms with E-state index in [1.165, 1.54) is 73.7 Å². The number of fused-ring (bicyclic) bond motifs is 13. The highest BCUT2D eigenvalue weighted by Gasteiger charge is 2.43. The maximum absolute atomic E-state index is 7.59. The third kappa shape index (κ3) is 3.88. The number of hydrogen-bond donors (Lipinski definition) is 0. The van der Waals surface area contributed by atoms with Crippen molar-refractivity contribution in [1.29, 1.82) is 0 Å². The minimum absolute atomic E-state index is 0.481. The molecule has 0 N–H and O–H groups in total. The molecule has 1 aromatic heterocycles. The van der Waals surface area contributed by atoms with Crippen LogP contribution >= 0.6 is 11.3 Å². The zero-order valence-corrected chi connectivity index (χ0v) is 26.3. The number of rotatable bonds is 4. The van der Waals surface area contributed by atoms with E-state index in [1.54, 1.807) is 14.2 Å². The molecule has 1 saturated carbocycles. The highest BCUT2D eigenvalue weighted by atomic mass is 32.1. The molecule has 0 amide bonds. The van der Waals surface area contributed by atoms with Gasteiger partial charge in [-0.2, -0.15) is 0 Å². The van der Waals surface area contributed by atoms with Gasteiger partial charge in [0.05, 0.1) is 14.2 Å². The van der Waals surface area contributed by atoms with E-state index in [0.717, 1.165) is 28.4 Å². The van der Waals surface area contributed by atoms with Crippen molar-refractivity contribution in [3.63, 3.8) is 0 Å². The number of methoxy groups -OCH3 is 2. The summed E-state index contributed by atoms with van der Waals surface area (Å²) in [6.07, 6.45) is 9.70. The van der Waals surface area contributed by atoms with Crippen LogP contribution < -0.4 is 14.2 Å². The standard InChI is InChI=1S/C41H34O3S/c1-42-27-19-15-25(16-20-27)41(26-17-21-28(43-2)22-18-26)24-23-34-36-31-11-5-3-9-29(31)30-10-4-6-12-32(30)37(36)40-38(39(34)44-41)33-13-7-8-14-35(33)45-40/h4,6-8,10,12-24,29,31H,3,5,9,11H2,1-2H3. The lowest BCUT2D eigenvalue weighted by Gasteiger charge is -2.42. The van der Waals surface area contributed by atoms with Gasteiger partial charge in [0.15, 0.2) is 5.60 Å². The molecule has 0 saturated heterocycles. The molecule has 2 unspecified atom stereocenters. The van der Waals surface area contributed by atoms with Gasteiger partial charge in [0.25, 0.3) is 0 Å². The average Bonchev–Trinajstić information content (AvgIpc) is 3.51. The van der Waals surface area contributed by atoms with Crippen molar-refractivity contribution < 1.29 is 14.2 Å². The highest BCUT2D eigenvalue weighted by molar-refractivity contribution is 7.26. The monoisotopic (exact) mass is 606 g/mol. The zero-order chi connectivity index (χ0) is 30.1. The molecular formula is C41H34O3S. The summed E-state index contributed by atoms with van der Waals surface area (Å²) in [4.78, 5) is 0. The lowest BCUT2D eigenvalue weighted by molar-refractivity contribution is 0.163. The minimum atomic E-state index is -0.825. The summed E-state index contributed by atoms with van der Waals surface area (Å²) in [5, 5.41) is 2.48. The molecule has 9 rings (SSSR count). The van der Waals surface area contributed by atoms with Crippen LogP contribution in [-0.4, -0.2) is 14.2 Å². The van der Waals surface area contributed by atoms with Crippen LogP contribution in [0.3, 0.4) is 0 Å². The second kappa shape index (κ2) is 10.3. The average molecular weight is 607 g/mol. The Morgan fingerprint density at radius 1 is 0.733 bits per heavy atom. The van der Waals surface area contributed by atoms with Crippen LogP contribution in [0.5, 0.6) is 17.2 Å². The fourth-order valence-electron chi connectivity index (χ4n) is 8.33. The Kier molecular flexibility index (Phi) is 6.11. The molecule has 1 fully saturated rings. The predicted octanol–water partition coefficient (Wildman–Crippen LogP) is 10.8. The Morgan fingerprint density at radius 3 is 2.09 bits per heavy atom. The fourth-order valence-corrected chi connectivity index (χ4v) is 9.60. The molecule has 222 valence electrons. The van der Waals surface area contributed by atoms with Gasteiger partial charge in [0, 0.05) is 42.4 Å². The first kappa shape index (κ1) is 26.8. The first-order chi connectivity index (χ1) is 22.2. The van der Waals surface area contributed by atoms with Crippen molar-refractivity contribution >= 4 is 37.6 Å². The van der Waals surface area contributed by atoms with Crippen LogP contribution in [0.2, 0.25) is 0 Å². The molecule has 0 bridgehead atoms. The SMILES string of the molecule is COc1ccc(C2(c3ccc(OC)cc3)C=Cc3c4c(c5sc6ccccc6c5c3O2)-c2ccccc2C2CCCCC42)cc1. The predicted molar refractivity (Wildman–Crippen MR) is 185 cm³/mol. The highest BCUT2D eigenvalue weighted by Crippen LogP contribution is 2.61. The van der Waals surface area contributed by atoms with Gasteiger partial charge in [-0.05, 0) is 77.8 Å². The summed E-state index contributed by atoms with van der Waals surface area (Å²) in [5.41, 5.74) is 8.40. The second-order valence-electron chi connectivity index (χ2n) is 12.5. The van der Waals surface area contributed by atoms with Gasteiger partial charge in [-0.25, -0.2) is 0 Å². The molecule has 2 atom stereocenters. The van der Waals surface area contributed by atoms with Crippen molar-refractivity contribution in [3.8, 4) is 28.4 Å². The topological polar surface area (TPSA) is 27.7 Å². The van der Waals surface area contributed by atoms with Gasteiger partial charge < -0.3 is 14.2 Å². The minimum Gasteiger partial charge on any atom is -0.497 e. The number of benzene rings is 5. The van der Waals surface area contributed by atoms with Crippen molar-refractivity contribution in [2.75, 3.05) is 14.2 Å². The molecule has 5 aromatic carbocycles. The first-order valence-electron chi connectivity index (χ1n) is 16.0. The molecule has 0 spiro atoms. The molecule has 3 aliphatic rings. The second-order valence-corrected chi connectivity index (χ2v) is 13.6. The zero-order valence-electron chi connectivity index (χ0n) is 25.5. The van der Waals surface area contributed by atoms with Gasteiger partial charge in [-0.3, -0.25) is 0 Å². The molecule has 4 heteroatoms. The first-order valence-corrected chi connectivity index (χ1v) is 16.8. The van der Waals surface area contributed by atoms with E-state index >= 15 is 0 Å². The van der Waals surface area contributed by atoms with Crippen LogP contribution in [0.1, 0.15) is 65.3 Å². The van der Waals surface area contributed by atoms with Crippen molar-refractivity contribution in [1.82, 2.24) is 0 Å². The van der Waals surface area contributed by atoms with Gasteiger partial charge in [0.2, 0.25) is 0 Å². The summed E-state index contributed by atoms with van der Waals surface area (Å²) >= 11 is 1.92. The molecule has 3 nitrogen and oxygen atoms in total. The van der Waals surface area contributed by atoms with Crippen LogP contribution in [0.15, 0.2) is 103 Å². The van der Waals surface area contributed by atoms with E-state index in [9.17, 15) is 0 Å². The van der Waals surface area contributed by atoms with Crippen molar-refractivity contribution in [2.24, 2.45) is 0 Å². The normalized spacial score (nSPS) is 19.2. The Labute approximate surface area is 267 Å². The van der Waals surface area contributed by atoms with Crippen LogP contribution in [0, 0.1) is 0 Å². The van der Waals surface area contributed by atoms with Gasteiger partial charge >= 0.3 is 0 Å². The Morgan fingerprint density at radius 2 is 1.38 bits per heavy atom. The third-order valence-electron chi connectivity index (χ3n) is 10.4. The van der Waals surface area contributed by atoms with E-state index in [-0.39, 0.29) is 0 Å². The largest absolute Gasteiger partial charge is 0.497 e. The molecule has 2 aliphatic carbocycles. The van der Waals surface area contributed by atoms with Gasteiger partial charge in [-0.1, -0.05) is 85.6 Å². The summed E-state index contributed by atoms with van der Waals surface area (Å²) in [6, 6.07) is 34.7. The van der Waals surface area contributed by atoms with Crippen LogP contribution in [0.4, 0.5) is 0 Å². The maximum Gasteiger partial charge on any atom is 0.178 e. The van der Waals surface area contributed by atoms with Crippen LogP contribution in [-0.2, 0) is 5.60 Å². The summed E-state index contributed by atoms with van der Waals surface area (Å²) in [6.45, 7) is 0. The van der Waals surface area contributed by atoms with Gasteiger partial charge in [0.1, 0.15) is 17.2 Å². The van der Waals surface area contributed by atoms with E-state index in [2.05, 4.69) is 84.9 Å². The number of hydrogen-bond acceptors (Lipinski definition) is 4. The quantitative estimate of drug-likeness (QED) is 0.200. The molecule has 0 radical (unpaired) electrons. The maximum atomic E-state index is 7.59. The Hall–Kier alpha value is -4.54. The Balaban J connectivity index is 1.38. The third-order valence-corrected chi connectivity index (χ3v) is 11.6. The van der Waals surface area contributed by atoms with E-state index in [4.69, 9.17) is 14.2 Å². The van der Waals surface area contributed by atoms with Gasteiger partial charge in [-0.15, -0.1) is 11.3 Å². The molecular weight excluding hydrogens is 573 g/mol. The summed E-state index contributed by atoms with van der Waals surface area (Å²) < 4.78 is 21.3. The smallest absolute Gasteiger partial charge is 0.178 e. The van der Waals surface area contributed by atoms with E-state index in [1.807, 2.05) is 35.6 Å². The van der Waals surface area contributed by atoms with Crippen molar-refractivity contribution in [3.05, 3.63) is 131 Å². The van der Waals surface area contributed by atoms with Crippen LogP contribution in [0.25, 0.3) is 37.4 Å². The summed E-state index contributed by atoms with van der Waals surface area (Å²) in [5.74, 6) is 3.67. The molecule has 1 aliphatic heterocycles. The Bertz CT molecular complexity index is 2070. The number of thiophene rings is 1. The lowest BCUT2D eigenvalue weighted by Crippen LogP contribution is -2.35. The lowest BCUT2D eigenvalue weighted by atomic mass is 9.64. The molecule has 6 aromatic rings. The number of ether oxygens (including phenoxy) is 3. The fraction of sp³-hybridized carbons (Fsp3) is 0.220. The van der Waals surface area contributed by atoms with Crippen molar-refractivity contribution in [2.45, 2.75) is 43.1 Å². The van der Waals surface area contributed by atoms with E-state index in [0.29, 0.717) is 11.8 Å². The molecule has 2 heterocycles. The van der Waals surface area contributed by atoms with E-state index < -0.39 is 5.60 Å².